The molecule has 3 aromatic rings. The Balaban J connectivity index is 1.58. The Morgan fingerprint density at radius 1 is 0.929 bits per heavy atom. The zero-order valence-corrected chi connectivity index (χ0v) is 16.8. The van der Waals surface area contributed by atoms with Gasteiger partial charge in [-0.3, -0.25) is 4.79 Å². The summed E-state index contributed by atoms with van der Waals surface area (Å²) in [5.74, 6) is 0.437. The highest BCUT2D eigenvalue weighted by Gasteiger charge is 2.08. The molecule has 0 aliphatic carbocycles. The summed E-state index contributed by atoms with van der Waals surface area (Å²) in [6.07, 6.45) is 0. The van der Waals surface area contributed by atoms with E-state index >= 15 is 0 Å². The Hall–Kier alpha value is -2.69. The largest absolute Gasteiger partial charge is 0.483 e. The van der Waals surface area contributed by atoms with E-state index in [1.54, 1.807) is 12.1 Å². The van der Waals surface area contributed by atoms with Crippen molar-refractivity contribution < 1.29 is 9.53 Å². The summed E-state index contributed by atoms with van der Waals surface area (Å²) in [5.41, 5.74) is 3.61. The molecule has 4 nitrogen and oxygen atoms in total. The molecule has 3 aromatic carbocycles. The van der Waals surface area contributed by atoms with E-state index in [1.807, 2.05) is 61.5 Å². The van der Waals surface area contributed by atoms with Gasteiger partial charge in [-0.1, -0.05) is 53.5 Å². The fourth-order valence-electron chi connectivity index (χ4n) is 2.66. The number of benzene rings is 3. The minimum atomic E-state index is -0.210. The smallest absolute Gasteiger partial charge is 0.262 e. The van der Waals surface area contributed by atoms with Gasteiger partial charge >= 0.3 is 0 Å². The average molecular weight is 415 g/mol. The number of aryl methyl sites for hydroxylation is 1. The lowest BCUT2D eigenvalue weighted by atomic mass is 10.2. The average Bonchev–Trinajstić information content (AvgIpc) is 2.68. The van der Waals surface area contributed by atoms with Crippen LogP contribution < -0.4 is 15.4 Å². The third kappa shape index (κ3) is 5.65. The number of para-hydroxylation sites is 1. The molecule has 3 rings (SSSR count). The van der Waals surface area contributed by atoms with Crippen LogP contribution in [0.1, 0.15) is 11.1 Å². The zero-order valence-electron chi connectivity index (χ0n) is 15.3. The molecule has 144 valence electrons. The minimum absolute atomic E-state index is 0.0717. The number of rotatable bonds is 7. The maximum atomic E-state index is 12.2. The van der Waals surface area contributed by atoms with E-state index in [-0.39, 0.29) is 12.5 Å². The van der Waals surface area contributed by atoms with Gasteiger partial charge in [-0.25, -0.2) is 0 Å². The van der Waals surface area contributed by atoms with Gasteiger partial charge in [0, 0.05) is 23.5 Å². The van der Waals surface area contributed by atoms with Crippen LogP contribution in [-0.2, 0) is 11.3 Å². The lowest BCUT2D eigenvalue weighted by Crippen LogP contribution is -2.20. The quantitative estimate of drug-likeness (QED) is 0.503. The van der Waals surface area contributed by atoms with Crippen molar-refractivity contribution in [2.75, 3.05) is 17.2 Å². The molecule has 0 unspecified atom stereocenters. The molecule has 0 heterocycles. The van der Waals surface area contributed by atoms with Crippen LogP contribution in [0, 0.1) is 6.92 Å². The number of halogens is 2. The maximum absolute atomic E-state index is 12.2. The number of ether oxygens (including phenoxy) is 1. The van der Waals surface area contributed by atoms with E-state index < -0.39 is 0 Å². The highest BCUT2D eigenvalue weighted by atomic mass is 35.5. The Morgan fingerprint density at radius 3 is 2.54 bits per heavy atom. The predicted molar refractivity (Wildman–Crippen MR) is 116 cm³/mol. The number of amides is 1. The molecule has 1 amide bonds. The van der Waals surface area contributed by atoms with Crippen molar-refractivity contribution in [3.8, 4) is 5.75 Å². The van der Waals surface area contributed by atoms with Crippen LogP contribution in [0.25, 0.3) is 0 Å². The standard InChI is InChI=1S/C22H20Cl2N2O2/c1-15-5-4-7-18(11-15)26-22(27)14-28-21-8-3-2-6-16(21)13-25-17-9-10-19(23)20(24)12-17/h2-12,25H,13-14H2,1H3,(H,26,27). The monoisotopic (exact) mass is 414 g/mol. The van der Waals surface area contributed by atoms with Crippen LogP contribution in [0.2, 0.25) is 10.0 Å². The fraction of sp³-hybridized carbons (Fsp3) is 0.136. The van der Waals surface area contributed by atoms with Crippen molar-refractivity contribution in [1.82, 2.24) is 0 Å². The summed E-state index contributed by atoms with van der Waals surface area (Å²) in [5, 5.41) is 7.11. The third-order valence-electron chi connectivity index (χ3n) is 4.04. The molecule has 0 radical (unpaired) electrons. The van der Waals surface area contributed by atoms with Crippen molar-refractivity contribution >= 4 is 40.5 Å². The van der Waals surface area contributed by atoms with Crippen molar-refractivity contribution in [1.29, 1.82) is 0 Å². The first-order valence-electron chi connectivity index (χ1n) is 8.77. The molecule has 0 aliphatic rings. The van der Waals surface area contributed by atoms with E-state index in [1.165, 1.54) is 0 Å². The van der Waals surface area contributed by atoms with Gasteiger partial charge in [-0.05, 0) is 48.9 Å². The second-order valence-electron chi connectivity index (χ2n) is 6.30. The van der Waals surface area contributed by atoms with E-state index in [2.05, 4.69) is 10.6 Å². The number of carbonyl (C=O) groups is 1. The van der Waals surface area contributed by atoms with Crippen molar-refractivity contribution in [3.05, 3.63) is 87.9 Å². The van der Waals surface area contributed by atoms with Gasteiger partial charge < -0.3 is 15.4 Å². The molecule has 0 saturated heterocycles. The summed E-state index contributed by atoms with van der Waals surface area (Å²) in [6.45, 7) is 2.43. The summed E-state index contributed by atoms with van der Waals surface area (Å²) >= 11 is 12.0. The van der Waals surface area contributed by atoms with Gasteiger partial charge in [0.25, 0.3) is 5.91 Å². The van der Waals surface area contributed by atoms with Gasteiger partial charge in [-0.15, -0.1) is 0 Å². The molecule has 0 bridgehead atoms. The molecular formula is C22H20Cl2N2O2. The first-order valence-corrected chi connectivity index (χ1v) is 9.53. The normalized spacial score (nSPS) is 10.4. The van der Waals surface area contributed by atoms with Gasteiger partial charge in [0.05, 0.1) is 10.0 Å². The first-order chi connectivity index (χ1) is 13.5. The molecule has 0 aromatic heterocycles. The van der Waals surface area contributed by atoms with Crippen molar-refractivity contribution in [2.45, 2.75) is 13.5 Å². The highest BCUT2D eigenvalue weighted by Crippen LogP contribution is 2.26. The number of anilines is 2. The van der Waals surface area contributed by atoms with Gasteiger partial charge in [0.2, 0.25) is 0 Å². The first kappa shape index (κ1) is 20.1. The maximum Gasteiger partial charge on any atom is 0.262 e. The second-order valence-corrected chi connectivity index (χ2v) is 7.11. The van der Waals surface area contributed by atoms with Gasteiger partial charge in [0.1, 0.15) is 5.75 Å². The minimum Gasteiger partial charge on any atom is -0.483 e. The molecule has 6 heteroatoms. The van der Waals surface area contributed by atoms with E-state index in [0.717, 1.165) is 22.5 Å². The van der Waals surface area contributed by atoms with Crippen LogP contribution >= 0.6 is 23.2 Å². The zero-order chi connectivity index (χ0) is 19.9. The van der Waals surface area contributed by atoms with Crippen LogP contribution in [0.4, 0.5) is 11.4 Å². The molecule has 28 heavy (non-hydrogen) atoms. The Morgan fingerprint density at radius 2 is 1.75 bits per heavy atom. The van der Waals surface area contributed by atoms with Gasteiger partial charge in [0.15, 0.2) is 6.61 Å². The van der Waals surface area contributed by atoms with Crippen LogP contribution in [0.15, 0.2) is 66.7 Å². The molecular weight excluding hydrogens is 395 g/mol. The van der Waals surface area contributed by atoms with E-state index in [9.17, 15) is 4.79 Å². The Kier molecular flexibility index (Phi) is 6.80. The number of nitrogens with one attached hydrogen (secondary N) is 2. The van der Waals surface area contributed by atoms with Crippen molar-refractivity contribution in [3.63, 3.8) is 0 Å². The summed E-state index contributed by atoms with van der Waals surface area (Å²) in [6, 6.07) is 20.6. The highest BCUT2D eigenvalue weighted by molar-refractivity contribution is 6.42. The van der Waals surface area contributed by atoms with Crippen LogP contribution in [-0.4, -0.2) is 12.5 Å². The predicted octanol–water partition coefficient (Wildman–Crippen LogP) is 5.93. The number of carbonyl (C=O) groups excluding carboxylic acids is 1. The summed E-state index contributed by atoms with van der Waals surface area (Å²) < 4.78 is 5.73. The lowest BCUT2D eigenvalue weighted by molar-refractivity contribution is -0.118. The number of hydrogen-bond donors (Lipinski definition) is 2. The molecule has 0 aliphatic heterocycles. The van der Waals surface area contributed by atoms with Crippen LogP contribution in [0.5, 0.6) is 5.75 Å². The van der Waals surface area contributed by atoms with E-state index in [0.29, 0.717) is 22.3 Å². The van der Waals surface area contributed by atoms with Gasteiger partial charge in [-0.2, -0.15) is 0 Å². The fourth-order valence-corrected chi connectivity index (χ4v) is 2.96. The van der Waals surface area contributed by atoms with Crippen LogP contribution in [0.3, 0.4) is 0 Å². The third-order valence-corrected chi connectivity index (χ3v) is 4.77. The topological polar surface area (TPSA) is 50.4 Å². The lowest BCUT2D eigenvalue weighted by Gasteiger charge is -2.13. The molecule has 0 spiro atoms. The molecule has 2 N–H and O–H groups in total. The molecule has 0 fully saturated rings. The second kappa shape index (κ2) is 9.49. The number of hydrogen-bond acceptors (Lipinski definition) is 3. The van der Waals surface area contributed by atoms with Crippen molar-refractivity contribution in [2.24, 2.45) is 0 Å². The Bertz CT molecular complexity index is 976. The molecule has 0 atom stereocenters. The summed E-state index contributed by atoms with van der Waals surface area (Å²) in [7, 11) is 0. The summed E-state index contributed by atoms with van der Waals surface area (Å²) in [4.78, 5) is 12.2. The Labute approximate surface area is 174 Å². The SMILES string of the molecule is Cc1cccc(NC(=O)COc2ccccc2CNc2ccc(Cl)c(Cl)c2)c1. The molecule has 0 saturated carbocycles. The van der Waals surface area contributed by atoms with E-state index in [4.69, 9.17) is 27.9 Å².